The van der Waals surface area contributed by atoms with E-state index in [0.29, 0.717) is 29.1 Å². The van der Waals surface area contributed by atoms with Gasteiger partial charge < -0.3 is 15.3 Å². The molecule has 0 unspecified atom stereocenters. The third-order valence-corrected chi connectivity index (χ3v) is 8.11. The van der Waals surface area contributed by atoms with Crippen molar-refractivity contribution in [2.45, 2.75) is 51.7 Å². The van der Waals surface area contributed by atoms with E-state index in [-0.39, 0.29) is 19.0 Å². The highest BCUT2D eigenvalue weighted by atomic mass is 32.2. The zero-order valence-electron chi connectivity index (χ0n) is 21.9. The maximum absolute atomic E-state index is 13.8. The third kappa shape index (κ3) is 8.53. The molecule has 0 aromatic heterocycles. The fourth-order valence-corrected chi connectivity index (χ4v) is 5.97. The first-order valence-corrected chi connectivity index (χ1v) is 13.5. The number of nitrogens with one attached hydrogen (secondary N) is 1. The lowest BCUT2D eigenvalue weighted by Gasteiger charge is -2.30. The lowest BCUT2D eigenvalue weighted by Crippen LogP contribution is -2.50. The fourth-order valence-electron chi connectivity index (χ4n) is 4.18. The molecular formula is C26H34F3N3O5S. The lowest BCUT2D eigenvalue weighted by atomic mass is 10.1. The van der Waals surface area contributed by atoms with Gasteiger partial charge in [0.05, 0.1) is 11.4 Å². The maximum atomic E-state index is 13.8. The number of aryl methyl sites for hydroxylation is 4. The molecule has 0 spiro atoms. The molecule has 0 radical (unpaired) electrons. The van der Waals surface area contributed by atoms with Crippen LogP contribution in [0.4, 0.5) is 13.2 Å². The molecule has 1 aliphatic heterocycles. The predicted octanol–water partition coefficient (Wildman–Crippen LogP) is 3.43. The molecule has 1 amide bonds. The molecule has 2 N–H and O–H groups in total. The molecule has 0 saturated carbocycles. The predicted molar refractivity (Wildman–Crippen MR) is 137 cm³/mol. The fraction of sp³-hybridized carbons (Fsp3) is 0.462. The van der Waals surface area contributed by atoms with Crippen LogP contribution in [-0.4, -0.2) is 73.5 Å². The average Bonchev–Trinajstić information content (AvgIpc) is 2.83. The van der Waals surface area contributed by atoms with Gasteiger partial charge in [-0.15, -0.1) is 0 Å². The van der Waals surface area contributed by atoms with Crippen LogP contribution >= 0.6 is 0 Å². The van der Waals surface area contributed by atoms with E-state index < -0.39 is 22.2 Å². The van der Waals surface area contributed by atoms with Crippen LogP contribution in [-0.2, 0) is 32.6 Å². The van der Waals surface area contributed by atoms with Crippen molar-refractivity contribution in [2.24, 2.45) is 0 Å². The Hall–Kier alpha value is -2.96. The lowest BCUT2D eigenvalue weighted by molar-refractivity contribution is -0.192. The maximum Gasteiger partial charge on any atom is 0.490 e. The number of benzene rings is 2. The second kappa shape index (κ2) is 13.2. The Morgan fingerprint density at radius 2 is 1.47 bits per heavy atom. The summed E-state index contributed by atoms with van der Waals surface area (Å²) in [4.78, 5) is 23.9. The monoisotopic (exact) mass is 557 g/mol. The van der Waals surface area contributed by atoms with Gasteiger partial charge in [0.2, 0.25) is 15.9 Å². The molecule has 210 valence electrons. The van der Waals surface area contributed by atoms with Gasteiger partial charge in [-0.25, -0.2) is 13.2 Å². The number of alkyl halides is 3. The first kappa shape index (κ1) is 31.3. The van der Waals surface area contributed by atoms with Crippen molar-refractivity contribution in [3.05, 3.63) is 64.2 Å². The number of aliphatic carboxylic acids is 1. The van der Waals surface area contributed by atoms with E-state index in [9.17, 15) is 26.4 Å². The summed E-state index contributed by atoms with van der Waals surface area (Å²) in [6, 6.07) is 11.7. The van der Waals surface area contributed by atoms with E-state index in [1.807, 2.05) is 57.2 Å². The molecule has 8 nitrogen and oxygen atoms in total. The second-order valence-corrected chi connectivity index (χ2v) is 11.0. The van der Waals surface area contributed by atoms with E-state index in [1.54, 1.807) is 4.90 Å². The number of sulfonamides is 1. The van der Waals surface area contributed by atoms with E-state index in [1.165, 1.54) is 9.87 Å². The minimum absolute atomic E-state index is 0.155. The highest BCUT2D eigenvalue weighted by Gasteiger charge is 2.38. The number of nitrogens with zero attached hydrogens (tertiary/aromatic N) is 2. The second-order valence-electron chi connectivity index (χ2n) is 9.10. The summed E-state index contributed by atoms with van der Waals surface area (Å²) in [6.07, 6.45) is -4.16. The Labute approximate surface area is 221 Å². The molecule has 1 aliphatic rings. The number of carbonyl (C=O) groups is 2. The molecule has 2 aromatic rings. The van der Waals surface area contributed by atoms with Gasteiger partial charge in [-0.3, -0.25) is 4.79 Å². The summed E-state index contributed by atoms with van der Waals surface area (Å²) in [5, 5.41) is 10.3. The molecule has 1 saturated heterocycles. The molecule has 1 fully saturated rings. The van der Waals surface area contributed by atoms with Gasteiger partial charge in [-0.1, -0.05) is 48.9 Å². The van der Waals surface area contributed by atoms with Crippen LogP contribution in [0.3, 0.4) is 0 Å². The van der Waals surface area contributed by atoms with Crippen LogP contribution in [0.1, 0.15) is 34.7 Å². The number of halogens is 3. The zero-order chi connectivity index (χ0) is 28.7. The molecule has 0 bridgehead atoms. The molecule has 1 heterocycles. The van der Waals surface area contributed by atoms with E-state index in [2.05, 4.69) is 12.2 Å². The Balaban J connectivity index is 0.000000638. The van der Waals surface area contributed by atoms with Crippen LogP contribution in [0.15, 0.2) is 41.3 Å². The number of amides is 1. The largest absolute Gasteiger partial charge is 0.490 e. The minimum Gasteiger partial charge on any atom is -0.475 e. The number of hydrogen-bond donors (Lipinski definition) is 2. The molecule has 38 heavy (non-hydrogen) atoms. The highest BCUT2D eigenvalue weighted by molar-refractivity contribution is 7.89. The van der Waals surface area contributed by atoms with E-state index in [4.69, 9.17) is 9.90 Å². The van der Waals surface area contributed by atoms with Crippen molar-refractivity contribution in [1.29, 1.82) is 0 Å². The highest BCUT2D eigenvalue weighted by Crippen LogP contribution is 2.27. The van der Waals surface area contributed by atoms with Gasteiger partial charge in [0.1, 0.15) is 0 Å². The van der Waals surface area contributed by atoms with Gasteiger partial charge in [-0.05, 0) is 49.4 Å². The van der Waals surface area contributed by atoms with Gasteiger partial charge in [-0.2, -0.15) is 17.5 Å². The summed E-state index contributed by atoms with van der Waals surface area (Å²) < 4.78 is 60.6. The number of rotatable bonds is 7. The van der Waals surface area contributed by atoms with Crippen LogP contribution in [0.25, 0.3) is 0 Å². The third-order valence-electron chi connectivity index (χ3n) is 6.02. The number of piperazine rings is 1. The van der Waals surface area contributed by atoms with E-state index >= 15 is 0 Å². The van der Waals surface area contributed by atoms with Gasteiger partial charge in [0.15, 0.2) is 0 Å². The Morgan fingerprint density at radius 1 is 1.00 bits per heavy atom. The molecule has 0 atom stereocenters. The number of carboxylic acids is 1. The first-order valence-electron chi connectivity index (χ1n) is 12.1. The standard InChI is InChI=1S/C24H33N3O3S.C2HF3O2/c1-5-21-6-8-22(9-7-21)16-27(17-23(28)26-12-10-25-11-13-26)31(29,30)24-19(3)14-18(2)15-20(24)4;3-2(4,5)1(6)7/h6-9,14-15,25H,5,10-13,16-17H2,1-4H3;(H,6,7). The number of carboxylic acid groups (broad SMARTS) is 1. The number of carbonyl (C=O) groups excluding carboxylic acids is 1. The van der Waals surface area contributed by atoms with Crippen molar-refractivity contribution >= 4 is 21.9 Å². The Kier molecular flexibility index (Phi) is 10.9. The van der Waals surface area contributed by atoms with Crippen molar-refractivity contribution in [3.63, 3.8) is 0 Å². The Bertz CT molecular complexity index is 1200. The quantitative estimate of drug-likeness (QED) is 0.540. The molecule has 2 aromatic carbocycles. The van der Waals surface area contributed by atoms with Crippen molar-refractivity contribution < 1.29 is 36.3 Å². The summed E-state index contributed by atoms with van der Waals surface area (Å²) in [5.41, 5.74) is 4.50. The van der Waals surface area contributed by atoms with Crippen molar-refractivity contribution in [1.82, 2.24) is 14.5 Å². The summed E-state index contributed by atoms with van der Waals surface area (Å²) >= 11 is 0. The van der Waals surface area contributed by atoms with Crippen LogP contribution in [0.5, 0.6) is 0 Å². The minimum atomic E-state index is -5.08. The van der Waals surface area contributed by atoms with E-state index in [0.717, 1.165) is 30.6 Å². The molecule has 12 heteroatoms. The molecular weight excluding hydrogens is 523 g/mol. The Morgan fingerprint density at radius 3 is 1.92 bits per heavy atom. The van der Waals surface area contributed by atoms with Crippen LogP contribution < -0.4 is 5.32 Å². The van der Waals surface area contributed by atoms with Gasteiger partial charge in [0, 0.05) is 32.7 Å². The topological polar surface area (TPSA) is 107 Å². The molecule has 3 rings (SSSR count). The molecule has 0 aliphatic carbocycles. The van der Waals surface area contributed by atoms with Crippen molar-refractivity contribution in [2.75, 3.05) is 32.7 Å². The van der Waals surface area contributed by atoms with Gasteiger partial charge >= 0.3 is 12.1 Å². The SMILES string of the molecule is CCc1ccc(CN(CC(=O)N2CCNCC2)S(=O)(=O)c2c(C)cc(C)cc2C)cc1.O=C(O)C(F)(F)F. The average molecular weight is 558 g/mol. The number of hydrogen-bond acceptors (Lipinski definition) is 5. The summed E-state index contributed by atoms with van der Waals surface area (Å²) in [5.74, 6) is -2.91. The smallest absolute Gasteiger partial charge is 0.475 e. The van der Waals surface area contributed by atoms with Crippen molar-refractivity contribution in [3.8, 4) is 0 Å². The van der Waals surface area contributed by atoms with Crippen LogP contribution in [0.2, 0.25) is 0 Å². The summed E-state index contributed by atoms with van der Waals surface area (Å²) in [7, 11) is -3.86. The normalized spacial score (nSPS) is 14.2. The first-order chi connectivity index (χ1) is 17.7. The van der Waals surface area contributed by atoms with Crippen LogP contribution in [0, 0.1) is 20.8 Å². The summed E-state index contributed by atoms with van der Waals surface area (Å²) in [6.45, 7) is 10.3. The van der Waals surface area contributed by atoms with Gasteiger partial charge in [0.25, 0.3) is 0 Å². The zero-order valence-corrected chi connectivity index (χ0v) is 22.7.